The Morgan fingerprint density at radius 3 is 2.27 bits per heavy atom. The summed E-state index contributed by atoms with van der Waals surface area (Å²) in [5.74, 6) is 0.0351. The minimum absolute atomic E-state index is 0.0458. The number of hydrogen-bond acceptors (Lipinski definition) is 5. The van der Waals surface area contributed by atoms with E-state index in [9.17, 15) is 14.4 Å². The number of nitrogens with one attached hydrogen (secondary N) is 1. The van der Waals surface area contributed by atoms with Crippen LogP contribution in [0.2, 0.25) is 0 Å². The Kier molecular flexibility index (Phi) is 7.89. The van der Waals surface area contributed by atoms with Crippen molar-refractivity contribution < 1.29 is 23.9 Å². The molecule has 208 valence electrons. The molecule has 0 unspecified atom stereocenters. The van der Waals surface area contributed by atoms with Gasteiger partial charge >= 0.3 is 0 Å². The number of amides is 3. The first kappa shape index (κ1) is 27.4. The summed E-state index contributed by atoms with van der Waals surface area (Å²) in [5.41, 5.74) is 2.09. The number of methoxy groups -OCH3 is 1. The zero-order valence-electron chi connectivity index (χ0n) is 23.1. The van der Waals surface area contributed by atoms with E-state index in [2.05, 4.69) is 5.32 Å². The maximum absolute atomic E-state index is 14.0. The number of nitrogens with zero attached hydrogens (tertiary/aromatic N) is 2. The van der Waals surface area contributed by atoms with Crippen molar-refractivity contribution in [2.45, 2.75) is 44.5 Å². The summed E-state index contributed by atoms with van der Waals surface area (Å²) in [6, 6.07) is 23.0. The quantitative estimate of drug-likeness (QED) is 0.501. The first-order valence-electron chi connectivity index (χ1n) is 13.6. The van der Waals surface area contributed by atoms with Gasteiger partial charge in [0.05, 0.1) is 19.8 Å². The Morgan fingerprint density at radius 1 is 0.925 bits per heavy atom. The molecule has 2 fully saturated rings. The number of carbonyl (C=O) groups is 3. The van der Waals surface area contributed by atoms with E-state index in [0.717, 1.165) is 11.1 Å². The van der Waals surface area contributed by atoms with E-state index in [1.54, 1.807) is 41.2 Å². The molecule has 1 spiro atoms. The molecular formula is C32H35N3O5. The van der Waals surface area contributed by atoms with Crippen molar-refractivity contribution >= 4 is 17.7 Å². The van der Waals surface area contributed by atoms with Crippen molar-refractivity contribution in [3.8, 4) is 5.75 Å². The maximum Gasteiger partial charge on any atom is 0.256 e. The first-order valence-corrected chi connectivity index (χ1v) is 13.6. The second-order valence-corrected chi connectivity index (χ2v) is 10.5. The lowest BCUT2D eigenvalue weighted by atomic mass is 9.95. The van der Waals surface area contributed by atoms with Gasteiger partial charge in [-0.3, -0.25) is 19.3 Å². The van der Waals surface area contributed by atoms with E-state index < -0.39 is 11.8 Å². The summed E-state index contributed by atoms with van der Waals surface area (Å²) < 4.78 is 11.6. The van der Waals surface area contributed by atoms with Gasteiger partial charge in [-0.1, -0.05) is 48.0 Å². The highest BCUT2D eigenvalue weighted by molar-refractivity contribution is 5.99. The Balaban J connectivity index is 1.38. The van der Waals surface area contributed by atoms with Gasteiger partial charge in [0.2, 0.25) is 5.91 Å². The zero-order chi connectivity index (χ0) is 28.3. The lowest BCUT2D eigenvalue weighted by molar-refractivity contribution is -0.128. The molecule has 0 aromatic heterocycles. The molecule has 1 N–H and O–H groups in total. The molecule has 3 aromatic carbocycles. The fourth-order valence-electron chi connectivity index (χ4n) is 5.59. The first-order chi connectivity index (χ1) is 19.3. The Morgan fingerprint density at radius 2 is 1.62 bits per heavy atom. The molecule has 2 saturated heterocycles. The third-order valence-corrected chi connectivity index (χ3v) is 7.87. The predicted molar refractivity (Wildman–Crippen MR) is 151 cm³/mol. The summed E-state index contributed by atoms with van der Waals surface area (Å²) in [5, 5.41) is 3.07. The van der Waals surface area contributed by atoms with E-state index in [0.29, 0.717) is 42.8 Å². The lowest BCUT2D eigenvalue weighted by Gasteiger charge is -2.44. The van der Waals surface area contributed by atoms with E-state index in [1.165, 1.54) is 0 Å². The van der Waals surface area contributed by atoms with Gasteiger partial charge in [-0.25, -0.2) is 0 Å². The third kappa shape index (κ3) is 5.45. The molecule has 2 aliphatic heterocycles. The molecule has 5 rings (SSSR count). The van der Waals surface area contributed by atoms with Crippen LogP contribution in [0.3, 0.4) is 0 Å². The fourth-order valence-corrected chi connectivity index (χ4v) is 5.59. The summed E-state index contributed by atoms with van der Waals surface area (Å²) in [4.78, 5) is 44.2. The maximum atomic E-state index is 14.0. The average Bonchev–Trinajstić information content (AvgIpc) is 3.35. The van der Waals surface area contributed by atoms with Gasteiger partial charge in [0.25, 0.3) is 11.8 Å². The molecule has 3 aromatic rings. The Bertz CT molecular complexity index is 1370. The third-order valence-electron chi connectivity index (χ3n) is 7.87. The van der Waals surface area contributed by atoms with E-state index in [4.69, 9.17) is 9.47 Å². The van der Waals surface area contributed by atoms with Crippen LogP contribution in [-0.2, 0) is 9.53 Å². The molecule has 0 saturated carbocycles. The monoisotopic (exact) mass is 541 g/mol. The minimum Gasteiger partial charge on any atom is -0.497 e. The van der Waals surface area contributed by atoms with Crippen LogP contribution < -0.4 is 10.1 Å². The van der Waals surface area contributed by atoms with Gasteiger partial charge < -0.3 is 19.7 Å². The molecule has 0 bridgehead atoms. The van der Waals surface area contributed by atoms with Crippen molar-refractivity contribution in [3.63, 3.8) is 0 Å². The molecule has 0 aliphatic carbocycles. The van der Waals surface area contributed by atoms with Crippen molar-refractivity contribution in [2.24, 2.45) is 0 Å². The number of hydrogen-bond donors (Lipinski definition) is 1. The van der Waals surface area contributed by atoms with Crippen molar-refractivity contribution in [1.82, 2.24) is 15.1 Å². The van der Waals surface area contributed by atoms with Crippen molar-refractivity contribution in [1.29, 1.82) is 0 Å². The number of carbonyl (C=O) groups excluding carboxylic acids is 3. The standard InChI is InChI=1S/C32H35N3O5/c1-22-8-7-11-26(20-22)30(37)34-18-16-32(17-19-34)35(31(38)25-12-14-27(39-3)15-13-25)28(21-40-32)29(36)33-23(2)24-9-5-4-6-10-24/h4-15,20,23,28H,16-19,21H2,1-3H3,(H,33,36)/t23-,28-/m1/s1. The molecule has 8 heteroatoms. The SMILES string of the molecule is COc1ccc(C(=O)N2[C@@H](C(=O)N[C@H](C)c3ccccc3)COC23CCN(C(=O)c2cccc(C)c2)CC3)cc1. The minimum atomic E-state index is -0.988. The summed E-state index contributed by atoms with van der Waals surface area (Å²) in [6.07, 6.45) is 0.814. The summed E-state index contributed by atoms with van der Waals surface area (Å²) >= 11 is 0. The Labute approximate surface area is 234 Å². The molecule has 8 nitrogen and oxygen atoms in total. The smallest absolute Gasteiger partial charge is 0.256 e. The number of piperidine rings is 1. The van der Waals surface area contributed by atoms with Crippen LogP contribution in [0.4, 0.5) is 0 Å². The van der Waals surface area contributed by atoms with Crippen molar-refractivity contribution in [3.05, 3.63) is 101 Å². The number of likely N-dealkylation sites (tertiary alicyclic amines) is 1. The summed E-state index contributed by atoms with van der Waals surface area (Å²) in [7, 11) is 1.57. The number of rotatable bonds is 6. The van der Waals surface area contributed by atoms with Gasteiger partial charge in [0.15, 0.2) is 0 Å². The molecule has 3 amide bonds. The largest absolute Gasteiger partial charge is 0.497 e. The number of ether oxygens (including phenoxy) is 2. The second kappa shape index (κ2) is 11.5. The molecule has 40 heavy (non-hydrogen) atoms. The number of aryl methyl sites for hydroxylation is 1. The average molecular weight is 542 g/mol. The zero-order valence-corrected chi connectivity index (χ0v) is 23.1. The highest BCUT2D eigenvalue weighted by Crippen LogP contribution is 2.39. The normalized spacial score (nSPS) is 18.8. The van der Waals surface area contributed by atoms with Crippen LogP contribution in [0.1, 0.15) is 57.7 Å². The molecular weight excluding hydrogens is 506 g/mol. The molecule has 2 heterocycles. The van der Waals surface area contributed by atoms with Gasteiger partial charge in [-0.2, -0.15) is 0 Å². The van der Waals surface area contributed by atoms with E-state index >= 15 is 0 Å². The lowest BCUT2D eigenvalue weighted by Crippen LogP contribution is -2.60. The van der Waals surface area contributed by atoms with Crippen LogP contribution in [-0.4, -0.2) is 66.1 Å². The number of benzene rings is 3. The van der Waals surface area contributed by atoms with E-state index in [-0.39, 0.29) is 30.4 Å². The molecule has 0 radical (unpaired) electrons. The Hall–Kier alpha value is -4.17. The molecule has 2 atom stereocenters. The van der Waals surface area contributed by atoms with Crippen LogP contribution in [0.25, 0.3) is 0 Å². The highest BCUT2D eigenvalue weighted by atomic mass is 16.5. The van der Waals surface area contributed by atoms with Gasteiger partial charge in [0, 0.05) is 37.1 Å². The van der Waals surface area contributed by atoms with Crippen LogP contribution >= 0.6 is 0 Å². The van der Waals surface area contributed by atoms with E-state index in [1.807, 2.05) is 68.4 Å². The van der Waals surface area contributed by atoms with Crippen LogP contribution in [0, 0.1) is 6.92 Å². The summed E-state index contributed by atoms with van der Waals surface area (Å²) in [6.45, 7) is 4.79. The fraction of sp³-hybridized carbons (Fsp3) is 0.344. The highest BCUT2D eigenvalue weighted by Gasteiger charge is 2.54. The van der Waals surface area contributed by atoms with Crippen LogP contribution in [0.15, 0.2) is 78.9 Å². The molecule has 2 aliphatic rings. The van der Waals surface area contributed by atoms with Gasteiger partial charge in [-0.15, -0.1) is 0 Å². The predicted octanol–water partition coefficient (Wildman–Crippen LogP) is 4.35. The van der Waals surface area contributed by atoms with Gasteiger partial charge in [-0.05, 0) is 55.8 Å². The van der Waals surface area contributed by atoms with Crippen molar-refractivity contribution in [2.75, 3.05) is 26.8 Å². The van der Waals surface area contributed by atoms with Gasteiger partial charge in [0.1, 0.15) is 17.5 Å². The topological polar surface area (TPSA) is 88.2 Å². The second-order valence-electron chi connectivity index (χ2n) is 10.5. The van der Waals surface area contributed by atoms with Crippen LogP contribution in [0.5, 0.6) is 5.75 Å².